The Morgan fingerprint density at radius 3 is 2.48 bits per heavy atom. The Labute approximate surface area is 169 Å². The van der Waals surface area contributed by atoms with Gasteiger partial charge in [0.15, 0.2) is 11.5 Å². The number of sulfonamides is 1. The maximum absolute atomic E-state index is 13.0. The van der Waals surface area contributed by atoms with E-state index in [-0.39, 0.29) is 16.7 Å². The molecule has 1 amide bonds. The standard InChI is InChI=1S/C20H23N3O5S/c24-20(22-14-15-3-7-21-8-4-15)16-5-9-23(10-6-16)29(25,26)17-1-2-18-19(13-17)28-12-11-27-18/h1-4,7-8,13,16H,5-6,9-12,14H2,(H,22,24). The summed E-state index contributed by atoms with van der Waals surface area (Å²) in [6.07, 6.45) is 4.35. The molecule has 0 unspecified atom stereocenters. The highest BCUT2D eigenvalue weighted by atomic mass is 32.2. The summed E-state index contributed by atoms with van der Waals surface area (Å²) in [4.78, 5) is 16.6. The normalized spacial score (nSPS) is 17.7. The summed E-state index contributed by atoms with van der Waals surface area (Å²) in [6, 6.07) is 8.37. The fourth-order valence-electron chi connectivity index (χ4n) is 3.53. The van der Waals surface area contributed by atoms with Crippen molar-refractivity contribution in [3.63, 3.8) is 0 Å². The molecule has 2 aliphatic heterocycles. The molecule has 8 nitrogen and oxygen atoms in total. The van der Waals surface area contributed by atoms with Gasteiger partial charge in [0.05, 0.1) is 4.90 Å². The molecule has 2 aromatic rings. The van der Waals surface area contributed by atoms with Gasteiger partial charge in [-0.15, -0.1) is 0 Å². The number of hydrogen-bond donors (Lipinski definition) is 1. The molecule has 0 bridgehead atoms. The second kappa shape index (κ2) is 8.38. The fraction of sp³-hybridized carbons (Fsp3) is 0.400. The van der Waals surface area contributed by atoms with E-state index in [1.165, 1.54) is 16.4 Å². The third-order valence-electron chi connectivity index (χ3n) is 5.19. The molecule has 4 rings (SSSR count). The minimum Gasteiger partial charge on any atom is -0.486 e. The highest BCUT2D eigenvalue weighted by Crippen LogP contribution is 2.34. The number of ether oxygens (including phenoxy) is 2. The Morgan fingerprint density at radius 2 is 1.76 bits per heavy atom. The number of pyridine rings is 1. The summed E-state index contributed by atoms with van der Waals surface area (Å²) in [5.74, 6) is 0.768. The van der Waals surface area contributed by atoms with Gasteiger partial charge in [-0.2, -0.15) is 4.31 Å². The highest BCUT2D eigenvalue weighted by Gasteiger charge is 2.32. The van der Waals surface area contributed by atoms with E-state index in [1.807, 2.05) is 12.1 Å². The van der Waals surface area contributed by atoms with Crippen LogP contribution in [0.1, 0.15) is 18.4 Å². The summed E-state index contributed by atoms with van der Waals surface area (Å²) < 4.78 is 38.3. The first-order valence-corrected chi connectivity index (χ1v) is 11.0. The lowest BCUT2D eigenvalue weighted by Crippen LogP contribution is -2.42. The molecule has 0 atom stereocenters. The van der Waals surface area contributed by atoms with Crippen molar-refractivity contribution in [2.45, 2.75) is 24.3 Å². The Kier molecular flexibility index (Phi) is 5.68. The number of rotatable bonds is 5. The summed E-state index contributed by atoms with van der Waals surface area (Å²) in [7, 11) is -3.64. The van der Waals surface area contributed by atoms with E-state index in [2.05, 4.69) is 10.3 Å². The summed E-state index contributed by atoms with van der Waals surface area (Å²) in [6.45, 7) is 1.91. The first-order chi connectivity index (χ1) is 14.0. The van der Waals surface area contributed by atoms with Crippen LogP contribution in [0.15, 0.2) is 47.6 Å². The van der Waals surface area contributed by atoms with E-state index < -0.39 is 10.0 Å². The molecular weight excluding hydrogens is 394 g/mol. The zero-order valence-corrected chi connectivity index (χ0v) is 16.7. The quantitative estimate of drug-likeness (QED) is 0.793. The van der Waals surface area contributed by atoms with Crippen LogP contribution in [-0.2, 0) is 21.4 Å². The van der Waals surface area contributed by atoms with E-state index in [4.69, 9.17) is 9.47 Å². The topological polar surface area (TPSA) is 97.8 Å². The van der Waals surface area contributed by atoms with Crippen molar-refractivity contribution >= 4 is 15.9 Å². The van der Waals surface area contributed by atoms with Crippen LogP contribution in [0.3, 0.4) is 0 Å². The zero-order valence-electron chi connectivity index (χ0n) is 15.9. The van der Waals surface area contributed by atoms with Crippen molar-refractivity contribution in [2.24, 2.45) is 5.92 Å². The Morgan fingerprint density at radius 1 is 1.07 bits per heavy atom. The second-order valence-corrected chi connectivity index (χ2v) is 9.00. The molecule has 1 N–H and O–H groups in total. The number of carbonyl (C=O) groups is 1. The highest BCUT2D eigenvalue weighted by molar-refractivity contribution is 7.89. The molecule has 0 saturated carbocycles. The zero-order chi connectivity index (χ0) is 20.3. The molecule has 0 aliphatic carbocycles. The van der Waals surface area contributed by atoms with Crippen LogP contribution in [0, 0.1) is 5.92 Å². The van der Waals surface area contributed by atoms with Crippen molar-refractivity contribution in [3.8, 4) is 11.5 Å². The maximum atomic E-state index is 13.0. The Bertz CT molecular complexity index is 973. The lowest BCUT2D eigenvalue weighted by molar-refractivity contribution is -0.126. The predicted molar refractivity (Wildman–Crippen MR) is 105 cm³/mol. The lowest BCUT2D eigenvalue weighted by atomic mass is 9.97. The van der Waals surface area contributed by atoms with Crippen molar-refractivity contribution < 1.29 is 22.7 Å². The van der Waals surface area contributed by atoms with Crippen LogP contribution >= 0.6 is 0 Å². The van der Waals surface area contributed by atoms with Crippen LogP contribution in [0.2, 0.25) is 0 Å². The molecule has 1 aromatic carbocycles. The molecular formula is C20H23N3O5S. The minimum atomic E-state index is -3.64. The first-order valence-electron chi connectivity index (χ1n) is 9.60. The van der Waals surface area contributed by atoms with Crippen molar-refractivity contribution in [3.05, 3.63) is 48.3 Å². The molecule has 154 valence electrons. The molecule has 1 fully saturated rings. The lowest BCUT2D eigenvalue weighted by Gasteiger charge is -2.30. The monoisotopic (exact) mass is 417 g/mol. The van der Waals surface area contributed by atoms with Crippen LogP contribution in [0.5, 0.6) is 11.5 Å². The minimum absolute atomic E-state index is 0.0433. The SMILES string of the molecule is O=C(NCc1ccncc1)C1CCN(S(=O)(=O)c2ccc3c(c2)OCCO3)CC1. The fourth-order valence-corrected chi connectivity index (χ4v) is 5.01. The van der Waals surface area contributed by atoms with Crippen LogP contribution in [-0.4, -0.2) is 49.9 Å². The molecule has 3 heterocycles. The number of fused-ring (bicyclic) bond motifs is 1. The number of nitrogens with one attached hydrogen (secondary N) is 1. The second-order valence-electron chi connectivity index (χ2n) is 7.06. The van der Waals surface area contributed by atoms with Gasteiger partial charge in [0.2, 0.25) is 15.9 Å². The Hall–Kier alpha value is -2.65. The van der Waals surface area contributed by atoms with Gasteiger partial charge in [-0.3, -0.25) is 9.78 Å². The molecule has 9 heteroatoms. The first kappa shape index (κ1) is 19.7. The van der Waals surface area contributed by atoms with Gasteiger partial charge in [0, 0.05) is 44.0 Å². The number of amides is 1. The van der Waals surface area contributed by atoms with Gasteiger partial charge >= 0.3 is 0 Å². The van der Waals surface area contributed by atoms with Gasteiger partial charge in [-0.05, 0) is 42.7 Å². The van der Waals surface area contributed by atoms with Gasteiger partial charge in [-0.1, -0.05) is 0 Å². The van der Waals surface area contributed by atoms with Crippen molar-refractivity contribution in [1.29, 1.82) is 0 Å². The smallest absolute Gasteiger partial charge is 0.243 e. The van der Waals surface area contributed by atoms with Gasteiger partial charge < -0.3 is 14.8 Å². The third-order valence-corrected chi connectivity index (χ3v) is 7.09. The largest absolute Gasteiger partial charge is 0.486 e. The van der Waals surface area contributed by atoms with E-state index in [0.29, 0.717) is 57.2 Å². The van der Waals surface area contributed by atoms with E-state index in [0.717, 1.165) is 5.56 Å². The predicted octanol–water partition coefficient (Wildman–Crippen LogP) is 1.57. The number of carbonyl (C=O) groups excluding carboxylic acids is 1. The molecule has 0 radical (unpaired) electrons. The van der Waals surface area contributed by atoms with Crippen molar-refractivity contribution in [2.75, 3.05) is 26.3 Å². The number of aromatic nitrogens is 1. The molecule has 29 heavy (non-hydrogen) atoms. The summed E-state index contributed by atoms with van der Waals surface area (Å²) in [5.41, 5.74) is 0.979. The van der Waals surface area contributed by atoms with Gasteiger partial charge in [-0.25, -0.2) is 8.42 Å². The number of hydrogen-bond acceptors (Lipinski definition) is 6. The maximum Gasteiger partial charge on any atom is 0.243 e. The Balaban J connectivity index is 1.35. The molecule has 2 aliphatic rings. The number of piperidine rings is 1. The van der Waals surface area contributed by atoms with Gasteiger partial charge in [0.25, 0.3) is 0 Å². The van der Waals surface area contributed by atoms with E-state index >= 15 is 0 Å². The van der Waals surface area contributed by atoms with E-state index in [9.17, 15) is 13.2 Å². The number of benzene rings is 1. The molecule has 1 aromatic heterocycles. The summed E-state index contributed by atoms with van der Waals surface area (Å²) in [5, 5.41) is 2.92. The van der Waals surface area contributed by atoms with Crippen molar-refractivity contribution in [1.82, 2.24) is 14.6 Å². The van der Waals surface area contributed by atoms with Crippen LogP contribution in [0.4, 0.5) is 0 Å². The van der Waals surface area contributed by atoms with Crippen LogP contribution in [0.25, 0.3) is 0 Å². The van der Waals surface area contributed by atoms with E-state index in [1.54, 1.807) is 18.5 Å². The average Bonchev–Trinajstić information content (AvgIpc) is 2.78. The van der Waals surface area contributed by atoms with Crippen LogP contribution < -0.4 is 14.8 Å². The summed E-state index contributed by atoms with van der Waals surface area (Å²) >= 11 is 0. The molecule has 1 saturated heterocycles. The van der Waals surface area contributed by atoms with Gasteiger partial charge in [0.1, 0.15) is 13.2 Å². The average molecular weight is 417 g/mol. The molecule has 0 spiro atoms. The number of nitrogens with zero attached hydrogens (tertiary/aromatic N) is 2. The third kappa shape index (κ3) is 4.35.